The molecule has 0 radical (unpaired) electrons. The van der Waals surface area contributed by atoms with Crippen molar-refractivity contribution in [1.29, 1.82) is 0 Å². The van der Waals surface area contributed by atoms with Gasteiger partial charge in [-0.25, -0.2) is 8.78 Å². The molecule has 0 unspecified atom stereocenters. The maximum absolute atomic E-state index is 13.0. The number of benzene rings is 2. The number of hydrogen-bond donors (Lipinski definition) is 0. The predicted octanol–water partition coefficient (Wildman–Crippen LogP) is 4.82. The van der Waals surface area contributed by atoms with Gasteiger partial charge in [0.1, 0.15) is 5.02 Å². The standard InChI is InChI=1S/C13H8ClF2NO2S/c14-10-3-1-8(5-13(10)17(18)19)7-20-9-2-4-11(15)12(16)6-9/h1-6H,7H2. The molecule has 0 saturated carbocycles. The molecule has 3 nitrogen and oxygen atoms in total. The van der Waals surface area contributed by atoms with E-state index in [2.05, 4.69) is 0 Å². The normalized spacial score (nSPS) is 10.6. The van der Waals surface area contributed by atoms with Crippen LogP contribution in [0.5, 0.6) is 0 Å². The lowest BCUT2D eigenvalue weighted by Crippen LogP contribution is -1.91. The molecule has 0 spiro atoms. The zero-order valence-electron chi connectivity index (χ0n) is 9.98. The molecule has 20 heavy (non-hydrogen) atoms. The summed E-state index contributed by atoms with van der Waals surface area (Å²) in [5, 5.41) is 10.8. The number of halogens is 3. The maximum atomic E-state index is 13.0. The Kier molecular flexibility index (Phi) is 4.57. The van der Waals surface area contributed by atoms with Gasteiger partial charge in [0.2, 0.25) is 0 Å². The number of nitro groups is 1. The summed E-state index contributed by atoms with van der Waals surface area (Å²) in [4.78, 5) is 10.7. The molecule has 0 N–H and O–H groups in total. The Morgan fingerprint density at radius 1 is 1.15 bits per heavy atom. The first-order chi connectivity index (χ1) is 9.47. The Labute approximate surface area is 122 Å². The molecule has 0 aliphatic rings. The Hall–Kier alpha value is -1.66. The van der Waals surface area contributed by atoms with Gasteiger partial charge >= 0.3 is 0 Å². The minimum Gasteiger partial charge on any atom is -0.258 e. The summed E-state index contributed by atoms with van der Waals surface area (Å²) >= 11 is 6.96. The van der Waals surface area contributed by atoms with Crippen molar-refractivity contribution in [2.75, 3.05) is 0 Å². The number of rotatable bonds is 4. The van der Waals surface area contributed by atoms with E-state index in [1.54, 1.807) is 6.07 Å². The van der Waals surface area contributed by atoms with E-state index in [0.717, 1.165) is 12.1 Å². The average molecular weight is 316 g/mol. The molecule has 0 aliphatic heterocycles. The third-order valence-electron chi connectivity index (χ3n) is 2.50. The van der Waals surface area contributed by atoms with Crippen molar-refractivity contribution in [2.45, 2.75) is 10.6 Å². The number of hydrogen-bond acceptors (Lipinski definition) is 3. The summed E-state index contributed by atoms with van der Waals surface area (Å²) in [6.45, 7) is 0. The van der Waals surface area contributed by atoms with E-state index in [9.17, 15) is 18.9 Å². The topological polar surface area (TPSA) is 43.1 Å². The second-order valence-electron chi connectivity index (χ2n) is 3.91. The van der Waals surface area contributed by atoms with Gasteiger partial charge in [-0.05, 0) is 29.8 Å². The molecule has 0 amide bonds. The zero-order chi connectivity index (χ0) is 14.7. The molecular formula is C13H8ClF2NO2S. The zero-order valence-corrected chi connectivity index (χ0v) is 11.5. The van der Waals surface area contributed by atoms with Crippen molar-refractivity contribution in [1.82, 2.24) is 0 Å². The molecule has 0 fully saturated rings. The van der Waals surface area contributed by atoms with Crippen molar-refractivity contribution in [2.24, 2.45) is 0 Å². The summed E-state index contributed by atoms with van der Waals surface area (Å²) in [5.74, 6) is -1.43. The molecule has 2 rings (SSSR count). The molecule has 0 saturated heterocycles. The minimum atomic E-state index is -0.919. The Balaban J connectivity index is 2.12. The number of nitrogens with zero attached hydrogens (tertiary/aromatic N) is 1. The van der Waals surface area contributed by atoms with E-state index in [4.69, 9.17) is 11.6 Å². The molecule has 0 aliphatic carbocycles. The highest BCUT2D eigenvalue weighted by atomic mass is 35.5. The van der Waals surface area contributed by atoms with Gasteiger partial charge in [-0.3, -0.25) is 10.1 Å². The van der Waals surface area contributed by atoms with Crippen LogP contribution >= 0.6 is 23.4 Å². The van der Waals surface area contributed by atoms with Crippen LogP contribution in [0.2, 0.25) is 5.02 Å². The first-order valence-electron chi connectivity index (χ1n) is 5.48. The second kappa shape index (κ2) is 6.19. The van der Waals surface area contributed by atoms with Gasteiger partial charge in [-0.1, -0.05) is 17.7 Å². The molecule has 0 aromatic heterocycles. The summed E-state index contributed by atoms with van der Waals surface area (Å²) in [6, 6.07) is 8.05. The summed E-state index contributed by atoms with van der Waals surface area (Å²) in [5.41, 5.74) is 0.505. The number of nitro benzene ring substituents is 1. The molecule has 0 heterocycles. The first kappa shape index (κ1) is 14.7. The summed E-state index contributed by atoms with van der Waals surface area (Å²) in [6.07, 6.45) is 0. The molecule has 2 aromatic carbocycles. The van der Waals surface area contributed by atoms with Gasteiger partial charge in [-0.2, -0.15) is 0 Å². The SMILES string of the molecule is O=[N+]([O-])c1cc(CSc2ccc(F)c(F)c2)ccc1Cl. The van der Waals surface area contributed by atoms with E-state index >= 15 is 0 Å². The van der Waals surface area contributed by atoms with Crippen molar-refractivity contribution in [3.63, 3.8) is 0 Å². The van der Waals surface area contributed by atoms with Crippen LogP contribution in [0.4, 0.5) is 14.5 Å². The fourth-order valence-corrected chi connectivity index (χ4v) is 2.57. The van der Waals surface area contributed by atoms with E-state index in [1.165, 1.54) is 30.0 Å². The average Bonchev–Trinajstić information content (AvgIpc) is 2.41. The van der Waals surface area contributed by atoms with Crippen LogP contribution in [0, 0.1) is 21.7 Å². The van der Waals surface area contributed by atoms with Crippen molar-refractivity contribution in [3.05, 3.63) is 68.7 Å². The maximum Gasteiger partial charge on any atom is 0.288 e. The largest absolute Gasteiger partial charge is 0.288 e. The van der Waals surface area contributed by atoms with E-state index in [1.807, 2.05) is 0 Å². The third kappa shape index (κ3) is 3.46. The Bertz CT molecular complexity index is 667. The van der Waals surface area contributed by atoms with Gasteiger partial charge < -0.3 is 0 Å². The Morgan fingerprint density at radius 3 is 2.55 bits per heavy atom. The fraction of sp³-hybridized carbons (Fsp3) is 0.0769. The summed E-state index contributed by atoms with van der Waals surface area (Å²) in [7, 11) is 0. The highest BCUT2D eigenvalue weighted by Gasteiger charge is 2.13. The van der Waals surface area contributed by atoms with E-state index < -0.39 is 16.6 Å². The minimum absolute atomic E-state index is 0.0663. The lowest BCUT2D eigenvalue weighted by atomic mass is 10.2. The van der Waals surface area contributed by atoms with Crippen LogP contribution in [-0.4, -0.2) is 4.92 Å². The van der Waals surface area contributed by atoms with Gasteiger partial charge in [-0.15, -0.1) is 11.8 Å². The van der Waals surface area contributed by atoms with Crippen LogP contribution in [0.25, 0.3) is 0 Å². The molecule has 0 atom stereocenters. The quantitative estimate of drug-likeness (QED) is 0.461. The van der Waals surface area contributed by atoms with E-state index in [-0.39, 0.29) is 10.7 Å². The lowest BCUT2D eigenvalue weighted by molar-refractivity contribution is -0.384. The van der Waals surface area contributed by atoms with Crippen LogP contribution < -0.4 is 0 Å². The van der Waals surface area contributed by atoms with Crippen molar-refractivity contribution >= 4 is 29.1 Å². The second-order valence-corrected chi connectivity index (χ2v) is 5.36. The smallest absolute Gasteiger partial charge is 0.258 e. The molecule has 104 valence electrons. The monoisotopic (exact) mass is 315 g/mol. The van der Waals surface area contributed by atoms with E-state index in [0.29, 0.717) is 16.2 Å². The fourth-order valence-electron chi connectivity index (χ4n) is 1.52. The first-order valence-corrected chi connectivity index (χ1v) is 6.84. The predicted molar refractivity (Wildman–Crippen MR) is 74.0 cm³/mol. The highest BCUT2D eigenvalue weighted by Crippen LogP contribution is 2.29. The van der Waals surface area contributed by atoms with Gasteiger partial charge in [0.25, 0.3) is 5.69 Å². The number of thioether (sulfide) groups is 1. The van der Waals surface area contributed by atoms with Crippen LogP contribution in [0.3, 0.4) is 0 Å². The lowest BCUT2D eigenvalue weighted by Gasteiger charge is -2.04. The molecular weight excluding hydrogens is 308 g/mol. The van der Waals surface area contributed by atoms with Crippen molar-refractivity contribution in [3.8, 4) is 0 Å². The van der Waals surface area contributed by atoms with Crippen LogP contribution in [-0.2, 0) is 5.75 Å². The van der Waals surface area contributed by atoms with Gasteiger partial charge in [0.15, 0.2) is 11.6 Å². The van der Waals surface area contributed by atoms with Gasteiger partial charge in [0.05, 0.1) is 4.92 Å². The molecule has 2 aromatic rings. The Morgan fingerprint density at radius 2 is 1.90 bits per heavy atom. The van der Waals surface area contributed by atoms with Crippen LogP contribution in [0.15, 0.2) is 41.3 Å². The highest BCUT2D eigenvalue weighted by molar-refractivity contribution is 7.98. The summed E-state index contributed by atoms with van der Waals surface area (Å²) < 4.78 is 25.8. The third-order valence-corrected chi connectivity index (χ3v) is 3.89. The molecule has 7 heteroatoms. The van der Waals surface area contributed by atoms with Crippen LogP contribution in [0.1, 0.15) is 5.56 Å². The molecule has 0 bridgehead atoms. The van der Waals surface area contributed by atoms with Crippen molar-refractivity contribution < 1.29 is 13.7 Å². The van der Waals surface area contributed by atoms with Gasteiger partial charge in [0, 0.05) is 16.7 Å².